The predicted octanol–water partition coefficient (Wildman–Crippen LogP) is 1.04. The fraction of sp³-hybridized carbons (Fsp3) is 0.629. The zero-order valence-electron chi connectivity index (χ0n) is 28.0. The molecule has 1 aromatic rings. The molecule has 0 saturated heterocycles. The van der Waals surface area contributed by atoms with Crippen LogP contribution in [0.15, 0.2) is 70.8 Å². The molecular weight excluding hydrogens is 620 g/mol. The van der Waals surface area contributed by atoms with Crippen LogP contribution in [0.2, 0.25) is 0 Å². The molecule has 0 fully saturated rings. The van der Waals surface area contributed by atoms with Gasteiger partial charge in [-0.05, 0) is 63.5 Å². The van der Waals surface area contributed by atoms with E-state index in [0.29, 0.717) is 31.5 Å². The summed E-state index contributed by atoms with van der Waals surface area (Å²) in [5.74, 6) is 0.116. The van der Waals surface area contributed by atoms with Crippen molar-refractivity contribution in [2.24, 2.45) is 15.7 Å². The molecule has 272 valence electrons. The van der Waals surface area contributed by atoms with Crippen LogP contribution in [0.1, 0.15) is 83.2 Å². The van der Waals surface area contributed by atoms with Crippen LogP contribution >= 0.6 is 0 Å². The van der Waals surface area contributed by atoms with Crippen molar-refractivity contribution in [1.29, 1.82) is 0 Å². The van der Waals surface area contributed by atoms with Crippen molar-refractivity contribution in [3.8, 4) is 0 Å². The maximum absolute atomic E-state index is 10.2. The average molecular weight is 679 g/mol. The van der Waals surface area contributed by atoms with Gasteiger partial charge in [-0.1, -0.05) is 49.4 Å². The molecule has 11 N–H and O–H groups in total. The second kappa shape index (κ2) is 26.1. The minimum Gasteiger partial charge on any atom is -0.393 e. The first kappa shape index (κ1) is 43.2. The quantitative estimate of drug-likeness (QED) is 0.0303. The number of nitrogens with zero attached hydrogens (tertiary/aromatic N) is 3. The van der Waals surface area contributed by atoms with Gasteiger partial charge < -0.3 is 51.7 Å². The lowest BCUT2D eigenvalue weighted by Crippen LogP contribution is -2.22. The van der Waals surface area contributed by atoms with E-state index in [0.717, 1.165) is 0 Å². The van der Waals surface area contributed by atoms with Crippen LogP contribution in [0.5, 0.6) is 0 Å². The standard InChI is InChI=1S/C35H58N4O9/c1-2-26(40)19-27(41)10-5-14-31(45)22-34(48)23-32(46)15-7-13-29(43)20-28(42)11-6-12-30(44)21-33(47)16-8-18-38-35(36)39-24-25-9-3-4-17-37-25/h3-7,9-11,15,17,24,26-34,40-48H,2,8,12-14,16,18-23H2,1H3,(H2,36,38)/b10-5+,11-6+,15-7+,39-24?. The van der Waals surface area contributed by atoms with Crippen molar-refractivity contribution in [1.82, 2.24) is 4.98 Å². The van der Waals surface area contributed by atoms with Crippen molar-refractivity contribution in [3.63, 3.8) is 0 Å². The first-order valence-electron chi connectivity index (χ1n) is 16.7. The van der Waals surface area contributed by atoms with Gasteiger partial charge >= 0.3 is 0 Å². The van der Waals surface area contributed by atoms with Gasteiger partial charge in [-0.25, -0.2) is 4.99 Å². The second-order valence-electron chi connectivity index (χ2n) is 12.1. The summed E-state index contributed by atoms with van der Waals surface area (Å²) in [6, 6.07) is 5.42. The molecule has 0 amide bonds. The Morgan fingerprint density at radius 2 is 1.19 bits per heavy atom. The highest BCUT2D eigenvalue weighted by Crippen LogP contribution is 2.13. The van der Waals surface area contributed by atoms with E-state index in [-0.39, 0.29) is 57.3 Å². The summed E-state index contributed by atoms with van der Waals surface area (Å²) >= 11 is 0. The first-order valence-corrected chi connectivity index (χ1v) is 16.7. The van der Waals surface area contributed by atoms with Crippen LogP contribution < -0.4 is 5.73 Å². The minimum atomic E-state index is -0.989. The van der Waals surface area contributed by atoms with Gasteiger partial charge in [0.2, 0.25) is 5.96 Å². The third kappa shape index (κ3) is 23.5. The topological polar surface area (TPSA) is 246 Å². The molecule has 1 aromatic heterocycles. The van der Waals surface area contributed by atoms with Crippen molar-refractivity contribution in [2.45, 2.75) is 132 Å². The Bertz CT molecular complexity index is 1100. The summed E-state index contributed by atoms with van der Waals surface area (Å²) in [5.41, 5.74) is 6.42. The summed E-state index contributed by atoms with van der Waals surface area (Å²) in [5, 5.41) is 90.6. The number of aromatic nitrogens is 1. The van der Waals surface area contributed by atoms with Gasteiger partial charge in [-0.3, -0.25) is 9.98 Å². The number of rotatable bonds is 25. The van der Waals surface area contributed by atoms with Crippen molar-refractivity contribution in [2.75, 3.05) is 6.54 Å². The average Bonchev–Trinajstić information content (AvgIpc) is 3.02. The number of aliphatic hydroxyl groups excluding tert-OH is 9. The highest BCUT2D eigenvalue weighted by Gasteiger charge is 2.16. The fourth-order valence-electron chi connectivity index (χ4n) is 4.69. The van der Waals surface area contributed by atoms with Crippen LogP contribution in [0.4, 0.5) is 0 Å². The highest BCUT2D eigenvalue weighted by molar-refractivity contribution is 5.91. The zero-order chi connectivity index (χ0) is 35.7. The Balaban J connectivity index is 2.22. The molecule has 0 aliphatic rings. The monoisotopic (exact) mass is 678 g/mol. The van der Waals surface area contributed by atoms with Gasteiger partial charge in [0.1, 0.15) is 0 Å². The molecule has 1 heterocycles. The van der Waals surface area contributed by atoms with Crippen LogP contribution in [0.3, 0.4) is 0 Å². The maximum atomic E-state index is 10.2. The second-order valence-corrected chi connectivity index (χ2v) is 12.1. The molecule has 9 atom stereocenters. The van der Waals surface area contributed by atoms with E-state index < -0.39 is 54.9 Å². The Morgan fingerprint density at radius 3 is 1.71 bits per heavy atom. The minimum absolute atomic E-state index is 0.00793. The Hall–Kier alpha value is -2.85. The Morgan fingerprint density at radius 1 is 0.688 bits per heavy atom. The maximum Gasteiger partial charge on any atom is 0.215 e. The van der Waals surface area contributed by atoms with E-state index >= 15 is 0 Å². The number of guanidine groups is 1. The number of pyridine rings is 1. The normalized spacial score (nSPS) is 18.8. The number of aliphatic hydroxyl groups is 9. The molecule has 0 aliphatic carbocycles. The molecule has 1 rings (SSSR count). The SMILES string of the molecule is CCC(O)CC(O)/C=C/CC(O)CC(O)CC(O)/C=C/CC(O)CC(O)/C=C/CC(O)CC(O)CCCN=C(N)N=Cc1ccccn1. The van der Waals surface area contributed by atoms with E-state index in [1.807, 2.05) is 13.0 Å². The van der Waals surface area contributed by atoms with Crippen molar-refractivity contribution < 1.29 is 46.0 Å². The van der Waals surface area contributed by atoms with Crippen LogP contribution in [-0.4, -0.2) is 125 Å². The summed E-state index contributed by atoms with van der Waals surface area (Å²) in [7, 11) is 0. The molecule has 9 unspecified atom stereocenters. The van der Waals surface area contributed by atoms with Gasteiger partial charge in [0, 0.05) is 32.0 Å². The van der Waals surface area contributed by atoms with Crippen molar-refractivity contribution >= 4 is 12.2 Å². The molecule has 13 nitrogen and oxygen atoms in total. The molecule has 0 aliphatic heterocycles. The third-order valence-electron chi connectivity index (χ3n) is 7.39. The summed E-state index contributed by atoms with van der Waals surface area (Å²) in [4.78, 5) is 12.3. The summed E-state index contributed by atoms with van der Waals surface area (Å²) in [6.07, 6.45) is 7.34. The number of aliphatic imine (C=N–C) groups is 2. The molecule has 0 spiro atoms. The number of hydrogen-bond acceptors (Lipinski definition) is 11. The number of nitrogens with two attached hydrogens (primary N) is 1. The summed E-state index contributed by atoms with van der Waals surface area (Å²) < 4.78 is 0. The molecular formula is C35H58N4O9. The van der Waals surface area contributed by atoms with Crippen LogP contribution in [-0.2, 0) is 0 Å². The molecule has 0 aromatic carbocycles. The first-order chi connectivity index (χ1) is 22.9. The lowest BCUT2D eigenvalue weighted by molar-refractivity contribution is 0.0523. The largest absolute Gasteiger partial charge is 0.393 e. The molecule has 0 bridgehead atoms. The van der Waals surface area contributed by atoms with Crippen molar-refractivity contribution in [3.05, 3.63) is 66.5 Å². The lowest BCUT2D eigenvalue weighted by Gasteiger charge is -2.17. The highest BCUT2D eigenvalue weighted by atomic mass is 16.3. The lowest BCUT2D eigenvalue weighted by atomic mass is 10.0. The zero-order valence-corrected chi connectivity index (χ0v) is 28.0. The molecule has 48 heavy (non-hydrogen) atoms. The third-order valence-corrected chi connectivity index (χ3v) is 7.39. The Kier molecular flexibility index (Phi) is 23.5. The molecule has 0 saturated carbocycles. The van der Waals surface area contributed by atoms with Gasteiger partial charge in [-0.15, -0.1) is 0 Å². The smallest absolute Gasteiger partial charge is 0.215 e. The van der Waals surface area contributed by atoms with E-state index in [9.17, 15) is 46.0 Å². The predicted molar refractivity (Wildman–Crippen MR) is 186 cm³/mol. The molecule has 0 radical (unpaired) electrons. The van der Waals surface area contributed by atoms with E-state index in [1.165, 1.54) is 24.4 Å². The van der Waals surface area contributed by atoms with Gasteiger partial charge in [0.15, 0.2) is 0 Å². The van der Waals surface area contributed by atoms with Gasteiger partial charge in [-0.2, -0.15) is 0 Å². The van der Waals surface area contributed by atoms with E-state index in [1.54, 1.807) is 36.6 Å². The van der Waals surface area contributed by atoms with E-state index in [2.05, 4.69) is 15.0 Å². The fourth-order valence-corrected chi connectivity index (χ4v) is 4.69. The van der Waals surface area contributed by atoms with Gasteiger partial charge in [0.05, 0.1) is 66.8 Å². The number of hydrogen-bond donors (Lipinski definition) is 10. The van der Waals surface area contributed by atoms with Crippen LogP contribution in [0.25, 0.3) is 0 Å². The Labute approximate surface area is 284 Å². The summed E-state index contributed by atoms with van der Waals surface area (Å²) in [6.45, 7) is 2.20. The van der Waals surface area contributed by atoms with Gasteiger partial charge in [0.25, 0.3) is 0 Å². The van der Waals surface area contributed by atoms with E-state index in [4.69, 9.17) is 5.73 Å². The molecule has 13 heteroatoms. The van der Waals surface area contributed by atoms with Crippen LogP contribution in [0, 0.1) is 0 Å².